The molecule has 0 spiro atoms. The molecule has 1 aromatic heterocycles. The van der Waals surface area contributed by atoms with Gasteiger partial charge >= 0.3 is 6.01 Å². The van der Waals surface area contributed by atoms with Crippen LogP contribution < -0.4 is 10.1 Å². The number of hydrogen-bond donors (Lipinski definition) is 1. The molecule has 0 saturated heterocycles. The van der Waals surface area contributed by atoms with Crippen LogP contribution in [0.5, 0.6) is 6.01 Å². The average molecular weight is 290 g/mol. The molecule has 0 radical (unpaired) electrons. The Morgan fingerprint density at radius 2 is 2.10 bits per heavy atom. The van der Waals surface area contributed by atoms with Gasteiger partial charge in [0, 0.05) is 12.8 Å². The van der Waals surface area contributed by atoms with Crippen molar-refractivity contribution in [2.45, 2.75) is 24.8 Å². The Labute approximate surface area is 123 Å². The van der Waals surface area contributed by atoms with Crippen molar-refractivity contribution in [2.24, 2.45) is 0 Å². The maximum atomic E-state index is 5.34. The van der Waals surface area contributed by atoms with Gasteiger partial charge in [-0.2, -0.15) is 15.0 Å². The predicted molar refractivity (Wildman–Crippen MR) is 81.3 cm³/mol. The summed E-state index contributed by atoms with van der Waals surface area (Å²) in [4.78, 5) is 12.8. The second kappa shape index (κ2) is 7.09. The summed E-state index contributed by atoms with van der Waals surface area (Å²) >= 11 is 1.57. The lowest BCUT2D eigenvalue weighted by Gasteiger charge is -2.06. The van der Waals surface area contributed by atoms with Gasteiger partial charge in [0.1, 0.15) is 0 Å². The van der Waals surface area contributed by atoms with Crippen molar-refractivity contribution in [3.8, 4) is 6.01 Å². The van der Waals surface area contributed by atoms with Crippen LogP contribution in [0.4, 0.5) is 5.95 Å². The molecule has 2 rings (SSSR count). The minimum atomic E-state index is 0.360. The molecule has 5 nitrogen and oxygen atoms in total. The van der Waals surface area contributed by atoms with Crippen molar-refractivity contribution >= 4 is 17.7 Å². The highest BCUT2D eigenvalue weighted by Crippen LogP contribution is 2.22. The summed E-state index contributed by atoms with van der Waals surface area (Å²) in [5.41, 5.74) is 2.50. The van der Waals surface area contributed by atoms with E-state index < -0.39 is 0 Å². The summed E-state index contributed by atoms with van der Waals surface area (Å²) in [6.45, 7) is 4.53. The highest BCUT2D eigenvalue weighted by molar-refractivity contribution is 7.98. The SMILES string of the molecule is CCOc1nc(NC)nc(SCc2cccc(C)c2)n1. The van der Waals surface area contributed by atoms with Crippen LogP contribution in [-0.4, -0.2) is 28.6 Å². The van der Waals surface area contributed by atoms with Crippen molar-refractivity contribution in [3.63, 3.8) is 0 Å². The second-order valence-corrected chi connectivity index (χ2v) is 5.13. The molecule has 0 unspecified atom stereocenters. The van der Waals surface area contributed by atoms with Gasteiger partial charge in [0.2, 0.25) is 5.95 Å². The monoisotopic (exact) mass is 290 g/mol. The Morgan fingerprint density at radius 3 is 2.80 bits per heavy atom. The highest BCUT2D eigenvalue weighted by Gasteiger charge is 2.07. The summed E-state index contributed by atoms with van der Waals surface area (Å²) in [5, 5.41) is 3.58. The van der Waals surface area contributed by atoms with E-state index in [1.54, 1.807) is 18.8 Å². The molecule has 0 fully saturated rings. The Kier molecular flexibility index (Phi) is 5.17. The van der Waals surface area contributed by atoms with Crippen molar-refractivity contribution in [3.05, 3.63) is 35.4 Å². The number of nitrogens with one attached hydrogen (secondary N) is 1. The minimum Gasteiger partial charge on any atom is -0.464 e. The van der Waals surface area contributed by atoms with Crippen molar-refractivity contribution in [1.29, 1.82) is 0 Å². The third-order valence-corrected chi connectivity index (χ3v) is 3.46. The van der Waals surface area contributed by atoms with Crippen molar-refractivity contribution in [1.82, 2.24) is 15.0 Å². The van der Waals surface area contributed by atoms with E-state index in [0.717, 1.165) is 5.75 Å². The molecule has 0 aliphatic rings. The number of nitrogens with zero attached hydrogens (tertiary/aromatic N) is 3. The molecule has 6 heteroatoms. The van der Waals surface area contributed by atoms with E-state index in [1.165, 1.54) is 11.1 Å². The Hall–Kier alpha value is -1.82. The summed E-state index contributed by atoms with van der Waals surface area (Å²) in [6, 6.07) is 8.77. The van der Waals surface area contributed by atoms with Crippen molar-refractivity contribution in [2.75, 3.05) is 19.0 Å². The fourth-order valence-corrected chi connectivity index (χ4v) is 2.43. The first-order chi connectivity index (χ1) is 9.71. The third-order valence-electron chi connectivity index (χ3n) is 2.54. The van der Waals surface area contributed by atoms with Crippen LogP contribution in [-0.2, 0) is 5.75 Å². The zero-order chi connectivity index (χ0) is 14.4. The second-order valence-electron chi connectivity index (χ2n) is 4.18. The number of rotatable bonds is 6. The largest absolute Gasteiger partial charge is 0.464 e. The minimum absolute atomic E-state index is 0.360. The number of aromatic nitrogens is 3. The van der Waals surface area contributed by atoms with Gasteiger partial charge in [0.25, 0.3) is 0 Å². The van der Waals surface area contributed by atoms with E-state index in [1.807, 2.05) is 6.92 Å². The maximum absolute atomic E-state index is 5.34. The van der Waals surface area contributed by atoms with Gasteiger partial charge < -0.3 is 10.1 Å². The molecule has 106 valence electrons. The topological polar surface area (TPSA) is 59.9 Å². The first-order valence-corrected chi connectivity index (χ1v) is 7.44. The van der Waals surface area contributed by atoms with Crippen LogP contribution in [0, 0.1) is 6.92 Å². The number of anilines is 1. The number of ether oxygens (including phenoxy) is 1. The van der Waals surface area contributed by atoms with Gasteiger partial charge in [-0.1, -0.05) is 41.6 Å². The van der Waals surface area contributed by atoms with Gasteiger partial charge in [-0.15, -0.1) is 0 Å². The molecule has 1 N–H and O–H groups in total. The van der Waals surface area contributed by atoms with E-state index in [4.69, 9.17) is 4.74 Å². The standard InChI is InChI=1S/C14H18N4OS/c1-4-19-13-16-12(15-3)17-14(18-13)20-9-11-7-5-6-10(2)8-11/h5-8H,4,9H2,1-3H3,(H,15,16,17,18). The van der Waals surface area contributed by atoms with Crippen LogP contribution in [0.2, 0.25) is 0 Å². The molecule has 0 saturated carbocycles. The zero-order valence-electron chi connectivity index (χ0n) is 11.9. The smallest absolute Gasteiger partial charge is 0.322 e. The Balaban J connectivity index is 2.10. The lowest BCUT2D eigenvalue weighted by atomic mass is 10.2. The number of hydrogen-bond acceptors (Lipinski definition) is 6. The molecule has 0 atom stereocenters. The van der Waals surface area contributed by atoms with E-state index in [2.05, 4.69) is 51.5 Å². The molecular formula is C14H18N4OS. The molecule has 2 aromatic rings. The quantitative estimate of drug-likeness (QED) is 0.825. The van der Waals surface area contributed by atoms with E-state index in [-0.39, 0.29) is 0 Å². The molecule has 0 aliphatic heterocycles. The van der Waals surface area contributed by atoms with Gasteiger partial charge in [-0.25, -0.2) is 0 Å². The van der Waals surface area contributed by atoms with Gasteiger partial charge in [-0.05, 0) is 19.4 Å². The summed E-state index contributed by atoms with van der Waals surface area (Å²) in [5.74, 6) is 1.34. The lowest BCUT2D eigenvalue weighted by molar-refractivity contribution is 0.308. The van der Waals surface area contributed by atoms with E-state index in [0.29, 0.717) is 23.7 Å². The summed E-state index contributed by atoms with van der Waals surface area (Å²) in [7, 11) is 1.78. The Bertz CT molecular complexity index is 577. The maximum Gasteiger partial charge on any atom is 0.322 e. The van der Waals surface area contributed by atoms with Crippen LogP contribution in [0.1, 0.15) is 18.1 Å². The number of benzene rings is 1. The summed E-state index contributed by atoms with van der Waals surface area (Å²) in [6.07, 6.45) is 0. The predicted octanol–water partition coefficient (Wildman–Crippen LogP) is 2.91. The number of thioether (sulfide) groups is 1. The van der Waals surface area contributed by atoms with Crippen LogP contribution >= 0.6 is 11.8 Å². The van der Waals surface area contributed by atoms with Gasteiger partial charge in [-0.3, -0.25) is 0 Å². The van der Waals surface area contributed by atoms with Crippen molar-refractivity contribution < 1.29 is 4.74 Å². The lowest BCUT2D eigenvalue weighted by Crippen LogP contribution is -2.04. The summed E-state index contributed by atoms with van der Waals surface area (Å²) < 4.78 is 5.34. The van der Waals surface area contributed by atoms with E-state index in [9.17, 15) is 0 Å². The van der Waals surface area contributed by atoms with Crippen LogP contribution in [0.25, 0.3) is 0 Å². The molecule has 20 heavy (non-hydrogen) atoms. The van der Waals surface area contributed by atoms with Gasteiger partial charge in [0.15, 0.2) is 5.16 Å². The first-order valence-electron chi connectivity index (χ1n) is 6.46. The average Bonchev–Trinajstić information content (AvgIpc) is 2.45. The zero-order valence-corrected chi connectivity index (χ0v) is 12.7. The normalized spacial score (nSPS) is 10.3. The molecule has 0 bridgehead atoms. The highest BCUT2D eigenvalue weighted by atomic mass is 32.2. The fourth-order valence-electron chi connectivity index (χ4n) is 1.66. The molecule has 1 aromatic carbocycles. The molecule has 0 aliphatic carbocycles. The molecular weight excluding hydrogens is 272 g/mol. The van der Waals surface area contributed by atoms with Gasteiger partial charge in [0.05, 0.1) is 6.61 Å². The molecule has 0 amide bonds. The number of aryl methyl sites for hydroxylation is 1. The van der Waals surface area contributed by atoms with Crippen LogP contribution in [0.3, 0.4) is 0 Å². The van der Waals surface area contributed by atoms with E-state index >= 15 is 0 Å². The fraction of sp³-hybridized carbons (Fsp3) is 0.357. The molecule has 1 heterocycles. The Morgan fingerprint density at radius 1 is 1.25 bits per heavy atom. The third kappa shape index (κ3) is 4.09. The van der Waals surface area contributed by atoms with Crippen LogP contribution in [0.15, 0.2) is 29.4 Å². The first kappa shape index (κ1) is 14.6.